The number of benzene rings is 1. The quantitative estimate of drug-likeness (QED) is 0.725. The van der Waals surface area contributed by atoms with Crippen LogP contribution in [0.3, 0.4) is 0 Å². The van der Waals surface area contributed by atoms with Crippen molar-refractivity contribution < 1.29 is 13.9 Å². The summed E-state index contributed by atoms with van der Waals surface area (Å²) >= 11 is 0. The zero-order valence-corrected chi connectivity index (χ0v) is 12.8. The zero-order valence-electron chi connectivity index (χ0n) is 12.8. The third-order valence-electron chi connectivity index (χ3n) is 3.05. The van der Waals surface area contributed by atoms with E-state index in [1.807, 2.05) is 13.8 Å². The number of amides is 1. The van der Waals surface area contributed by atoms with Crippen LogP contribution in [0.2, 0.25) is 0 Å². The Morgan fingerprint density at radius 3 is 2.76 bits per heavy atom. The first kappa shape index (κ1) is 17.2. The van der Waals surface area contributed by atoms with Gasteiger partial charge in [-0.25, -0.2) is 4.39 Å². The molecule has 0 heterocycles. The van der Waals surface area contributed by atoms with Crippen molar-refractivity contribution in [3.63, 3.8) is 0 Å². The molecule has 0 aliphatic carbocycles. The summed E-state index contributed by atoms with van der Waals surface area (Å²) in [5, 5.41) is 5.78. The Hall–Kier alpha value is -1.88. The van der Waals surface area contributed by atoms with Crippen LogP contribution in [0.4, 0.5) is 4.39 Å². The second-order valence-electron chi connectivity index (χ2n) is 4.76. The van der Waals surface area contributed by atoms with Crippen molar-refractivity contribution in [2.45, 2.75) is 32.9 Å². The summed E-state index contributed by atoms with van der Waals surface area (Å²) in [6, 6.07) is 4.58. The maximum absolute atomic E-state index is 14.0. The lowest BCUT2D eigenvalue weighted by Crippen LogP contribution is -2.36. The molecule has 5 heteroatoms. The molecule has 0 fully saturated rings. The van der Waals surface area contributed by atoms with Crippen LogP contribution >= 0.6 is 0 Å². The highest BCUT2D eigenvalue weighted by molar-refractivity contribution is 5.80. The molecule has 0 aliphatic heterocycles. The fraction of sp³-hybridized carbons (Fsp3) is 0.438. The Labute approximate surface area is 125 Å². The number of ether oxygens (including phenoxy) is 1. The van der Waals surface area contributed by atoms with Crippen LogP contribution in [-0.4, -0.2) is 25.1 Å². The van der Waals surface area contributed by atoms with Gasteiger partial charge >= 0.3 is 0 Å². The molecule has 1 aromatic rings. The molecular weight excluding hydrogens is 271 g/mol. The van der Waals surface area contributed by atoms with E-state index in [4.69, 9.17) is 4.74 Å². The molecule has 0 saturated heterocycles. The van der Waals surface area contributed by atoms with Crippen LogP contribution in [0, 0.1) is 5.82 Å². The molecule has 1 aromatic carbocycles. The first-order chi connectivity index (χ1) is 9.99. The number of rotatable bonds is 8. The molecule has 2 unspecified atom stereocenters. The predicted octanol–water partition coefficient (Wildman–Crippen LogP) is 2.57. The molecule has 0 bridgehead atoms. The van der Waals surface area contributed by atoms with Gasteiger partial charge in [-0.15, -0.1) is 6.58 Å². The lowest BCUT2D eigenvalue weighted by molar-refractivity contribution is -0.127. The second-order valence-corrected chi connectivity index (χ2v) is 4.76. The minimum atomic E-state index is -0.693. The summed E-state index contributed by atoms with van der Waals surface area (Å²) in [5.74, 6) is -0.277. The molecule has 4 nitrogen and oxygen atoms in total. The van der Waals surface area contributed by atoms with Gasteiger partial charge in [0.25, 0.3) is 5.91 Å². The molecule has 116 valence electrons. The van der Waals surface area contributed by atoms with Crippen LogP contribution in [0.1, 0.15) is 32.4 Å². The highest BCUT2D eigenvalue weighted by Gasteiger charge is 2.16. The van der Waals surface area contributed by atoms with Gasteiger partial charge in [0.2, 0.25) is 0 Å². The average Bonchev–Trinajstić information content (AvgIpc) is 2.44. The minimum Gasteiger partial charge on any atom is -0.481 e. The number of carbonyl (C=O) groups is 1. The zero-order chi connectivity index (χ0) is 15.8. The Kier molecular flexibility index (Phi) is 6.88. The smallest absolute Gasteiger partial charge is 0.261 e. The van der Waals surface area contributed by atoms with Crippen molar-refractivity contribution in [3.05, 3.63) is 42.2 Å². The fourth-order valence-electron chi connectivity index (χ4n) is 1.92. The van der Waals surface area contributed by atoms with Crippen molar-refractivity contribution >= 4 is 5.91 Å². The molecule has 0 saturated carbocycles. The van der Waals surface area contributed by atoms with Gasteiger partial charge in [-0.1, -0.05) is 19.1 Å². The SMILES string of the molecule is C=CCNC(=O)C(C)Oc1ccc(C(C)NCC)c(F)c1. The summed E-state index contributed by atoms with van der Waals surface area (Å²) in [5.41, 5.74) is 0.577. The van der Waals surface area contributed by atoms with Crippen LogP contribution in [0.25, 0.3) is 0 Å². The van der Waals surface area contributed by atoms with Gasteiger partial charge in [-0.05, 0) is 26.5 Å². The van der Waals surface area contributed by atoms with E-state index in [2.05, 4.69) is 17.2 Å². The summed E-state index contributed by atoms with van der Waals surface area (Å²) < 4.78 is 19.5. The van der Waals surface area contributed by atoms with Gasteiger partial charge < -0.3 is 15.4 Å². The maximum atomic E-state index is 14.0. The monoisotopic (exact) mass is 294 g/mol. The van der Waals surface area contributed by atoms with E-state index in [1.165, 1.54) is 6.07 Å². The van der Waals surface area contributed by atoms with Crippen LogP contribution < -0.4 is 15.4 Å². The van der Waals surface area contributed by atoms with E-state index in [0.29, 0.717) is 17.9 Å². The Balaban J connectivity index is 2.71. The molecule has 1 rings (SSSR count). The van der Waals surface area contributed by atoms with E-state index < -0.39 is 6.10 Å². The molecule has 0 radical (unpaired) electrons. The topological polar surface area (TPSA) is 50.4 Å². The van der Waals surface area contributed by atoms with E-state index in [9.17, 15) is 9.18 Å². The van der Waals surface area contributed by atoms with Gasteiger partial charge in [0.05, 0.1) is 0 Å². The number of hydrogen-bond donors (Lipinski definition) is 2. The molecule has 1 amide bonds. The van der Waals surface area contributed by atoms with Gasteiger partial charge in [-0.2, -0.15) is 0 Å². The highest BCUT2D eigenvalue weighted by atomic mass is 19.1. The average molecular weight is 294 g/mol. The lowest BCUT2D eigenvalue weighted by atomic mass is 10.1. The molecular formula is C16H23FN2O2. The summed E-state index contributed by atoms with van der Waals surface area (Å²) in [7, 11) is 0. The van der Waals surface area contributed by atoms with Crippen molar-refractivity contribution in [3.8, 4) is 5.75 Å². The Morgan fingerprint density at radius 2 is 2.19 bits per heavy atom. The third-order valence-corrected chi connectivity index (χ3v) is 3.05. The first-order valence-electron chi connectivity index (χ1n) is 7.07. The van der Waals surface area contributed by atoms with Crippen LogP contribution in [-0.2, 0) is 4.79 Å². The van der Waals surface area contributed by atoms with Crippen molar-refractivity contribution in [1.82, 2.24) is 10.6 Å². The molecule has 2 atom stereocenters. The molecule has 0 aromatic heterocycles. The first-order valence-corrected chi connectivity index (χ1v) is 7.07. The fourth-order valence-corrected chi connectivity index (χ4v) is 1.92. The maximum Gasteiger partial charge on any atom is 0.261 e. The van der Waals surface area contributed by atoms with Crippen molar-refractivity contribution in [2.24, 2.45) is 0 Å². The lowest BCUT2D eigenvalue weighted by Gasteiger charge is -2.17. The van der Waals surface area contributed by atoms with Crippen LogP contribution in [0.15, 0.2) is 30.9 Å². The highest BCUT2D eigenvalue weighted by Crippen LogP contribution is 2.22. The molecule has 0 spiro atoms. The number of halogens is 1. The van der Waals surface area contributed by atoms with E-state index >= 15 is 0 Å². The molecule has 2 N–H and O–H groups in total. The van der Waals surface area contributed by atoms with Gasteiger partial charge in [0.15, 0.2) is 6.10 Å². The van der Waals surface area contributed by atoms with Gasteiger partial charge in [0, 0.05) is 24.2 Å². The Morgan fingerprint density at radius 1 is 1.48 bits per heavy atom. The van der Waals surface area contributed by atoms with Crippen LogP contribution in [0.5, 0.6) is 5.75 Å². The molecule has 0 aliphatic rings. The standard InChI is InChI=1S/C16H23FN2O2/c1-5-9-19-16(20)12(4)21-13-7-8-14(15(17)10-13)11(3)18-6-2/h5,7-8,10-12,18H,1,6,9H2,2-4H3,(H,19,20). The van der Waals surface area contributed by atoms with Crippen molar-refractivity contribution in [2.75, 3.05) is 13.1 Å². The molecule has 21 heavy (non-hydrogen) atoms. The summed E-state index contributed by atoms with van der Waals surface area (Å²) in [6.07, 6.45) is 0.891. The van der Waals surface area contributed by atoms with Crippen molar-refractivity contribution in [1.29, 1.82) is 0 Å². The second kappa shape index (κ2) is 8.42. The minimum absolute atomic E-state index is 0.0719. The predicted molar refractivity (Wildman–Crippen MR) is 81.8 cm³/mol. The number of hydrogen-bond acceptors (Lipinski definition) is 3. The van der Waals surface area contributed by atoms with E-state index in [-0.39, 0.29) is 17.8 Å². The largest absolute Gasteiger partial charge is 0.481 e. The van der Waals surface area contributed by atoms with E-state index in [1.54, 1.807) is 25.1 Å². The third kappa shape index (κ3) is 5.19. The van der Waals surface area contributed by atoms with Gasteiger partial charge in [0.1, 0.15) is 11.6 Å². The summed E-state index contributed by atoms with van der Waals surface area (Å²) in [4.78, 5) is 11.7. The van der Waals surface area contributed by atoms with E-state index in [0.717, 1.165) is 6.54 Å². The normalized spacial score (nSPS) is 13.3. The Bertz CT molecular complexity index is 491. The number of carbonyl (C=O) groups excluding carboxylic acids is 1. The summed E-state index contributed by atoms with van der Waals surface area (Å²) in [6.45, 7) is 10.1. The number of nitrogens with one attached hydrogen (secondary N) is 2. The van der Waals surface area contributed by atoms with Gasteiger partial charge in [-0.3, -0.25) is 4.79 Å².